The molecular formula is C21H29NO. The second kappa shape index (κ2) is 5.65. The van der Waals surface area contributed by atoms with E-state index in [1.807, 2.05) is 0 Å². The molecule has 4 aliphatic rings. The molecule has 0 aromatic heterocycles. The normalized spacial score (nSPS) is 36.0. The average Bonchev–Trinajstić information content (AvgIpc) is 2.53. The highest BCUT2D eigenvalue weighted by Crippen LogP contribution is 2.60. The molecule has 5 rings (SSSR count). The molecule has 4 fully saturated rings. The number of carbonyl (C=O) groups is 1. The summed E-state index contributed by atoms with van der Waals surface area (Å²) < 4.78 is 0. The largest absolute Gasteiger partial charge is 0.326 e. The Morgan fingerprint density at radius 2 is 1.61 bits per heavy atom. The zero-order chi connectivity index (χ0) is 16.0. The summed E-state index contributed by atoms with van der Waals surface area (Å²) in [6.45, 7) is 4.47. The second-order valence-corrected chi connectivity index (χ2v) is 8.58. The van der Waals surface area contributed by atoms with E-state index in [0.29, 0.717) is 11.8 Å². The Labute approximate surface area is 140 Å². The van der Waals surface area contributed by atoms with Crippen LogP contribution in [0.15, 0.2) is 24.3 Å². The van der Waals surface area contributed by atoms with Crippen LogP contribution in [0.1, 0.15) is 70.3 Å². The number of hydrogen-bond donors (Lipinski definition) is 1. The standard InChI is InChI=1S/C21H29NO/c1-3-14(2)18-4-6-19(7-5-18)22-20(23)21-11-15-8-16(12-21)10-17(9-15)13-21/h4-7,14-17H,3,8-13H2,1-2H3,(H,22,23). The van der Waals surface area contributed by atoms with Gasteiger partial charge in [-0.3, -0.25) is 4.79 Å². The van der Waals surface area contributed by atoms with Crippen molar-refractivity contribution in [3.05, 3.63) is 29.8 Å². The van der Waals surface area contributed by atoms with Crippen molar-refractivity contribution in [2.24, 2.45) is 23.2 Å². The van der Waals surface area contributed by atoms with Gasteiger partial charge in [-0.05, 0) is 86.3 Å². The zero-order valence-electron chi connectivity index (χ0n) is 14.5. The predicted molar refractivity (Wildman–Crippen MR) is 94.4 cm³/mol. The number of rotatable bonds is 4. The van der Waals surface area contributed by atoms with E-state index in [1.54, 1.807) is 0 Å². The second-order valence-electron chi connectivity index (χ2n) is 8.58. The van der Waals surface area contributed by atoms with Crippen LogP contribution in [0, 0.1) is 23.2 Å². The van der Waals surface area contributed by atoms with Crippen molar-refractivity contribution in [3.63, 3.8) is 0 Å². The Morgan fingerprint density at radius 1 is 1.09 bits per heavy atom. The van der Waals surface area contributed by atoms with Crippen LogP contribution < -0.4 is 5.32 Å². The van der Waals surface area contributed by atoms with Crippen LogP contribution in [0.5, 0.6) is 0 Å². The maximum Gasteiger partial charge on any atom is 0.230 e. The van der Waals surface area contributed by atoms with Crippen LogP contribution >= 0.6 is 0 Å². The molecule has 1 aromatic carbocycles. The smallest absolute Gasteiger partial charge is 0.230 e. The molecule has 1 atom stereocenters. The van der Waals surface area contributed by atoms with E-state index in [-0.39, 0.29) is 5.41 Å². The first-order valence-electron chi connectivity index (χ1n) is 9.49. The number of benzene rings is 1. The fourth-order valence-corrected chi connectivity index (χ4v) is 5.78. The topological polar surface area (TPSA) is 29.1 Å². The lowest BCUT2D eigenvalue weighted by Crippen LogP contribution is -2.51. The Bertz CT molecular complexity index is 553. The molecule has 2 nitrogen and oxygen atoms in total. The lowest BCUT2D eigenvalue weighted by atomic mass is 9.49. The van der Waals surface area contributed by atoms with Gasteiger partial charge in [-0.1, -0.05) is 26.0 Å². The third-order valence-corrected chi connectivity index (χ3v) is 6.87. The first-order valence-corrected chi connectivity index (χ1v) is 9.49. The Kier molecular flexibility index (Phi) is 3.74. The molecule has 1 amide bonds. The SMILES string of the molecule is CCC(C)c1ccc(NC(=O)C23CC4CC(CC(C4)C2)C3)cc1. The Morgan fingerprint density at radius 3 is 2.09 bits per heavy atom. The molecule has 0 heterocycles. The summed E-state index contributed by atoms with van der Waals surface area (Å²) >= 11 is 0. The Hall–Kier alpha value is -1.31. The fourth-order valence-electron chi connectivity index (χ4n) is 5.78. The van der Waals surface area contributed by atoms with Gasteiger partial charge >= 0.3 is 0 Å². The van der Waals surface area contributed by atoms with Crippen molar-refractivity contribution in [1.29, 1.82) is 0 Å². The van der Waals surface area contributed by atoms with Gasteiger partial charge in [0.2, 0.25) is 5.91 Å². The van der Waals surface area contributed by atoms with Gasteiger partial charge in [-0.15, -0.1) is 0 Å². The van der Waals surface area contributed by atoms with E-state index in [1.165, 1.54) is 24.8 Å². The highest BCUT2D eigenvalue weighted by molar-refractivity contribution is 5.95. The minimum absolute atomic E-state index is 0.0515. The average molecular weight is 311 g/mol. The van der Waals surface area contributed by atoms with E-state index >= 15 is 0 Å². The van der Waals surface area contributed by atoms with Crippen LogP contribution in [-0.4, -0.2) is 5.91 Å². The maximum atomic E-state index is 13.0. The first-order chi connectivity index (χ1) is 11.1. The molecule has 124 valence electrons. The van der Waals surface area contributed by atoms with Gasteiger partial charge in [-0.2, -0.15) is 0 Å². The van der Waals surface area contributed by atoms with Gasteiger partial charge in [0.15, 0.2) is 0 Å². The summed E-state index contributed by atoms with van der Waals surface area (Å²) in [5.74, 6) is 3.34. The van der Waals surface area contributed by atoms with Crippen LogP contribution in [-0.2, 0) is 4.79 Å². The summed E-state index contributed by atoms with van der Waals surface area (Å²) in [4.78, 5) is 13.0. The number of nitrogens with one attached hydrogen (secondary N) is 1. The van der Waals surface area contributed by atoms with Crippen molar-refractivity contribution in [2.75, 3.05) is 5.32 Å². The first kappa shape index (κ1) is 15.2. The summed E-state index contributed by atoms with van der Waals surface area (Å²) in [6, 6.07) is 8.51. The summed E-state index contributed by atoms with van der Waals surface area (Å²) in [5, 5.41) is 3.24. The van der Waals surface area contributed by atoms with E-state index in [4.69, 9.17) is 0 Å². The van der Waals surface area contributed by atoms with Crippen LogP contribution in [0.25, 0.3) is 0 Å². The number of amides is 1. The number of carbonyl (C=O) groups excluding carboxylic acids is 1. The van der Waals surface area contributed by atoms with Crippen molar-refractivity contribution in [1.82, 2.24) is 0 Å². The van der Waals surface area contributed by atoms with E-state index in [9.17, 15) is 4.79 Å². The van der Waals surface area contributed by atoms with Crippen LogP contribution in [0.4, 0.5) is 5.69 Å². The van der Waals surface area contributed by atoms with Crippen molar-refractivity contribution >= 4 is 11.6 Å². The highest BCUT2D eigenvalue weighted by atomic mass is 16.2. The number of anilines is 1. The molecule has 4 saturated carbocycles. The Balaban J connectivity index is 1.48. The molecule has 0 spiro atoms. The van der Waals surface area contributed by atoms with E-state index in [2.05, 4.69) is 43.4 Å². The molecule has 1 aromatic rings. The van der Waals surface area contributed by atoms with Gasteiger partial charge in [0.1, 0.15) is 0 Å². The molecule has 23 heavy (non-hydrogen) atoms. The molecule has 1 N–H and O–H groups in total. The molecule has 4 aliphatic carbocycles. The summed E-state index contributed by atoms with van der Waals surface area (Å²) in [6.07, 6.45) is 8.71. The lowest BCUT2D eigenvalue weighted by Gasteiger charge is -2.55. The van der Waals surface area contributed by atoms with Crippen LogP contribution in [0.2, 0.25) is 0 Å². The van der Waals surface area contributed by atoms with Gasteiger partial charge in [0.05, 0.1) is 5.41 Å². The zero-order valence-corrected chi connectivity index (χ0v) is 14.5. The van der Waals surface area contributed by atoms with Crippen LogP contribution in [0.3, 0.4) is 0 Å². The highest BCUT2D eigenvalue weighted by Gasteiger charge is 2.54. The van der Waals surface area contributed by atoms with Crippen molar-refractivity contribution < 1.29 is 4.79 Å². The molecule has 4 bridgehead atoms. The van der Waals surface area contributed by atoms with Gasteiger partial charge < -0.3 is 5.32 Å². The summed E-state index contributed by atoms with van der Waals surface area (Å²) in [7, 11) is 0. The van der Waals surface area contributed by atoms with E-state index in [0.717, 1.165) is 49.1 Å². The van der Waals surface area contributed by atoms with Crippen molar-refractivity contribution in [3.8, 4) is 0 Å². The minimum Gasteiger partial charge on any atom is -0.326 e. The third-order valence-electron chi connectivity index (χ3n) is 6.87. The quantitative estimate of drug-likeness (QED) is 0.797. The molecule has 0 saturated heterocycles. The lowest BCUT2D eigenvalue weighted by molar-refractivity contribution is -0.140. The molecule has 0 radical (unpaired) electrons. The maximum absolute atomic E-state index is 13.0. The monoisotopic (exact) mass is 311 g/mol. The van der Waals surface area contributed by atoms with E-state index < -0.39 is 0 Å². The molecular weight excluding hydrogens is 282 g/mol. The molecule has 0 aliphatic heterocycles. The third kappa shape index (κ3) is 2.70. The predicted octanol–water partition coefficient (Wildman–Crippen LogP) is 5.36. The van der Waals surface area contributed by atoms with Crippen molar-refractivity contribution in [2.45, 2.75) is 64.7 Å². The van der Waals surface area contributed by atoms with Gasteiger partial charge in [0.25, 0.3) is 0 Å². The summed E-state index contributed by atoms with van der Waals surface area (Å²) in [5.41, 5.74) is 2.28. The van der Waals surface area contributed by atoms with Gasteiger partial charge in [-0.25, -0.2) is 0 Å². The van der Waals surface area contributed by atoms with Gasteiger partial charge in [0, 0.05) is 5.69 Å². The fraction of sp³-hybridized carbons (Fsp3) is 0.667. The molecule has 1 unspecified atom stereocenters. The number of hydrogen-bond acceptors (Lipinski definition) is 1. The molecule has 2 heteroatoms. The minimum atomic E-state index is -0.0515.